The van der Waals surface area contributed by atoms with E-state index in [9.17, 15) is 8.42 Å². The smallest absolute Gasteiger partial charge is 0.240 e. The second-order valence-corrected chi connectivity index (χ2v) is 6.78. The molecule has 1 aliphatic rings. The van der Waals surface area contributed by atoms with Gasteiger partial charge < -0.3 is 5.32 Å². The van der Waals surface area contributed by atoms with Crippen LogP contribution in [0.15, 0.2) is 47.5 Å². The van der Waals surface area contributed by atoms with Crippen LogP contribution in [0.3, 0.4) is 0 Å². The van der Waals surface area contributed by atoms with Gasteiger partial charge >= 0.3 is 0 Å². The zero-order valence-corrected chi connectivity index (χ0v) is 12.5. The number of nitrogens with one attached hydrogen (secondary N) is 2. The number of pyridine rings is 1. The first-order chi connectivity index (χ1) is 10.6. The number of fused-ring (bicyclic) bond motifs is 1. The molecule has 112 valence electrons. The molecule has 0 radical (unpaired) electrons. The third-order valence-electron chi connectivity index (χ3n) is 3.59. The van der Waals surface area contributed by atoms with E-state index in [1.165, 1.54) is 12.1 Å². The van der Waals surface area contributed by atoms with Crippen molar-refractivity contribution < 1.29 is 8.42 Å². The summed E-state index contributed by atoms with van der Waals surface area (Å²) in [6.45, 7) is 0.928. The molecule has 6 nitrogen and oxygen atoms in total. The van der Waals surface area contributed by atoms with Gasteiger partial charge in [-0.1, -0.05) is 12.1 Å². The molecule has 2 heterocycles. The Labute approximate surface area is 128 Å². The van der Waals surface area contributed by atoms with Gasteiger partial charge in [-0.15, -0.1) is 0 Å². The third-order valence-corrected chi connectivity index (χ3v) is 5.01. The van der Waals surface area contributed by atoms with Crippen LogP contribution in [0.25, 0.3) is 0 Å². The van der Waals surface area contributed by atoms with E-state index in [4.69, 9.17) is 5.26 Å². The lowest BCUT2D eigenvalue weighted by Crippen LogP contribution is -2.29. The van der Waals surface area contributed by atoms with E-state index < -0.39 is 10.0 Å². The number of sulfonamides is 1. The van der Waals surface area contributed by atoms with Gasteiger partial charge in [-0.3, -0.25) is 0 Å². The van der Waals surface area contributed by atoms with Crippen LogP contribution < -0.4 is 10.0 Å². The first-order valence-corrected chi connectivity index (χ1v) is 8.27. The van der Waals surface area contributed by atoms with Gasteiger partial charge in [-0.25, -0.2) is 18.1 Å². The number of aromatic nitrogens is 1. The van der Waals surface area contributed by atoms with Gasteiger partial charge in [0.1, 0.15) is 5.82 Å². The summed E-state index contributed by atoms with van der Waals surface area (Å²) >= 11 is 0. The summed E-state index contributed by atoms with van der Waals surface area (Å²) in [7, 11) is -3.63. The van der Waals surface area contributed by atoms with Crippen molar-refractivity contribution >= 4 is 15.8 Å². The SMILES string of the molecule is N#Cc1cccc(S(=O)(=O)NCC2CNc3ncccc32)c1. The normalized spacial score (nSPS) is 16.6. The predicted molar refractivity (Wildman–Crippen MR) is 81.8 cm³/mol. The summed E-state index contributed by atoms with van der Waals surface area (Å²) in [5.74, 6) is 0.843. The van der Waals surface area contributed by atoms with Gasteiger partial charge in [0.2, 0.25) is 10.0 Å². The Bertz CT molecular complexity index is 843. The molecule has 1 unspecified atom stereocenters. The summed E-state index contributed by atoms with van der Waals surface area (Å²) in [6, 6.07) is 11.7. The molecule has 7 heteroatoms. The van der Waals surface area contributed by atoms with Crippen molar-refractivity contribution in [1.82, 2.24) is 9.71 Å². The van der Waals surface area contributed by atoms with Gasteiger partial charge in [-0.05, 0) is 24.3 Å². The monoisotopic (exact) mass is 314 g/mol. The number of anilines is 1. The van der Waals surface area contributed by atoms with Crippen molar-refractivity contribution in [1.29, 1.82) is 5.26 Å². The highest BCUT2D eigenvalue weighted by molar-refractivity contribution is 7.89. The summed E-state index contributed by atoms with van der Waals surface area (Å²) < 4.78 is 27.2. The maximum atomic E-state index is 12.3. The topological polar surface area (TPSA) is 94.9 Å². The fraction of sp³-hybridized carbons (Fsp3) is 0.200. The number of nitriles is 1. The van der Waals surface area contributed by atoms with Gasteiger partial charge in [0.25, 0.3) is 0 Å². The number of hydrogen-bond donors (Lipinski definition) is 2. The van der Waals surface area contributed by atoms with Crippen molar-refractivity contribution in [2.45, 2.75) is 10.8 Å². The molecule has 1 atom stereocenters. The van der Waals surface area contributed by atoms with E-state index in [0.717, 1.165) is 11.4 Å². The first-order valence-electron chi connectivity index (χ1n) is 6.79. The second-order valence-electron chi connectivity index (χ2n) is 5.01. The summed E-state index contributed by atoms with van der Waals surface area (Å²) in [4.78, 5) is 4.31. The van der Waals surface area contributed by atoms with Crippen LogP contribution in [0.4, 0.5) is 5.82 Å². The minimum Gasteiger partial charge on any atom is -0.369 e. The molecule has 2 N–H and O–H groups in total. The molecule has 0 bridgehead atoms. The molecule has 0 fully saturated rings. The highest BCUT2D eigenvalue weighted by Crippen LogP contribution is 2.28. The van der Waals surface area contributed by atoms with Gasteiger partial charge in [-0.2, -0.15) is 5.26 Å². The van der Waals surface area contributed by atoms with Crippen molar-refractivity contribution in [2.24, 2.45) is 0 Å². The molecular formula is C15H14N4O2S. The van der Waals surface area contributed by atoms with E-state index >= 15 is 0 Å². The van der Waals surface area contributed by atoms with Crippen LogP contribution in [0, 0.1) is 11.3 Å². The van der Waals surface area contributed by atoms with Gasteiger partial charge in [0, 0.05) is 30.8 Å². The van der Waals surface area contributed by atoms with Crippen LogP contribution in [0.5, 0.6) is 0 Å². The predicted octanol–water partition coefficient (Wildman–Crippen LogP) is 1.44. The third kappa shape index (κ3) is 2.79. The lowest BCUT2D eigenvalue weighted by atomic mass is 10.0. The Balaban J connectivity index is 1.75. The van der Waals surface area contributed by atoms with E-state index in [1.54, 1.807) is 18.3 Å². The molecule has 22 heavy (non-hydrogen) atoms. The molecule has 3 rings (SSSR count). The molecular weight excluding hydrogens is 300 g/mol. The average molecular weight is 314 g/mol. The lowest BCUT2D eigenvalue weighted by molar-refractivity contribution is 0.574. The van der Waals surface area contributed by atoms with E-state index in [-0.39, 0.29) is 17.4 Å². The van der Waals surface area contributed by atoms with Gasteiger partial charge in [0.15, 0.2) is 0 Å². The zero-order chi connectivity index (χ0) is 15.6. The molecule has 2 aromatic rings. The maximum Gasteiger partial charge on any atom is 0.240 e. The summed E-state index contributed by atoms with van der Waals surface area (Å²) in [6.07, 6.45) is 1.70. The molecule has 0 saturated carbocycles. The molecule has 1 aromatic heterocycles. The van der Waals surface area contributed by atoms with Crippen molar-refractivity contribution in [2.75, 3.05) is 18.4 Å². The van der Waals surface area contributed by atoms with Crippen LogP contribution in [0.1, 0.15) is 17.0 Å². The maximum absolute atomic E-state index is 12.3. The molecule has 0 saturated heterocycles. The number of benzene rings is 1. The lowest BCUT2D eigenvalue weighted by Gasteiger charge is -2.12. The molecule has 0 spiro atoms. The molecule has 0 amide bonds. The van der Waals surface area contributed by atoms with Crippen molar-refractivity contribution in [3.63, 3.8) is 0 Å². The minimum absolute atomic E-state index is 0.0395. The van der Waals surface area contributed by atoms with Gasteiger partial charge in [0.05, 0.1) is 16.5 Å². The fourth-order valence-electron chi connectivity index (χ4n) is 2.43. The number of hydrogen-bond acceptors (Lipinski definition) is 5. The summed E-state index contributed by atoms with van der Waals surface area (Å²) in [5, 5.41) is 12.0. The fourth-order valence-corrected chi connectivity index (χ4v) is 3.56. The standard InChI is InChI=1S/C15H14N4O2S/c16-8-11-3-1-4-13(7-11)22(20,21)19-10-12-9-18-15-14(12)5-2-6-17-15/h1-7,12,19H,9-10H2,(H,17,18). The molecule has 1 aromatic carbocycles. The average Bonchev–Trinajstić information content (AvgIpc) is 2.96. The Morgan fingerprint density at radius 2 is 2.23 bits per heavy atom. The van der Waals surface area contributed by atoms with E-state index in [0.29, 0.717) is 12.1 Å². The van der Waals surface area contributed by atoms with Crippen LogP contribution >= 0.6 is 0 Å². The molecule has 0 aliphatic carbocycles. The molecule has 1 aliphatic heterocycles. The van der Waals surface area contributed by atoms with Crippen molar-refractivity contribution in [3.05, 3.63) is 53.7 Å². The Morgan fingerprint density at radius 1 is 1.36 bits per heavy atom. The number of rotatable bonds is 4. The second kappa shape index (κ2) is 5.75. The van der Waals surface area contributed by atoms with Crippen LogP contribution in [-0.2, 0) is 10.0 Å². The largest absolute Gasteiger partial charge is 0.369 e. The van der Waals surface area contributed by atoms with Crippen LogP contribution in [0.2, 0.25) is 0 Å². The highest BCUT2D eigenvalue weighted by Gasteiger charge is 2.25. The first kappa shape index (κ1) is 14.5. The van der Waals surface area contributed by atoms with Crippen molar-refractivity contribution in [3.8, 4) is 6.07 Å². The summed E-state index contributed by atoms with van der Waals surface area (Å²) in [5.41, 5.74) is 1.33. The Kier molecular flexibility index (Phi) is 3.79. The minimum atomic E-state index is -3.63. The van der Waals surface area contributed by atoms with E-state index in [1.807, 2.05) is 18.2 Å². The Hall–Kier alpha value is -2.43. The highest BCUT2D eigenvalue weighted by atomic mass is 32.2. The zero-order valence-electron chi connectivity index (χ0n) is 11.7. The quantitative estimate of drug-likeness (QED) is 0.890. The van der Waals surface area contributed by atoms with E-state index in [2.05, 4.69) is 15.0 Å². The van der Waals surface area contributed by atoms with Crippen LogP contribution in [-0.4, -0.2) is 26.5 Å². The Morgan fingerprint density at radius 3 is 3.05 bits per heavy atom. The number of nitrogens with zero attached hydrogens (tertiary/aromatic N) is 2.